The fraction of sp³-hybridized carbons (Fsp3) is 0.176. The van der Waals surface area contributed by atoms with Crippen molar-refractivity contribution in [2.24, 2.45) is 0 Å². The molecular weight excluding hydrogens is 504 g/mol. The van der Waals surface area contributed by atoms with E-state index in [1.807, 2.05) is 45.0 Å². The van der Waals surface area contributed by atoms with Crippen molar-refractivity contribution in [2.75, 3.05) is 14.2 Å². The quantitative estimate of drug-likeness (QED) is 0.221. The van der Waals surface area contributed by atoms with Crippen LogP contribution in [0, 0.1) is 0 Å². The standard InChI is InChI=1S/C34H26O6/c1-34(2,3)19-14-24-26-25(15-19)31(36)33(38)28-23(18-8-12-21(40-5)13-9-18)16-22(17-6-10-20(39-4)11-7-17)27(29(26)28)32(37)30(24)35/h6-16H,1-5H3. The minimum atomic E-state index is -0.699. The summed E-state index contributed by atoms with van der Waals surface area (Å²) in [4.78, 5) is 55.1. The number of hydrogen-bond acceptors (Lipinski definition) is 6. The van der Waals surface area contributed by atoms with E-state index in [0.29, 0.717) is 50.4 Å². The largest absolute Gasteiger partial charge is 0.497 e. The molecule has 0 saturated carbocycles. The Labute approximate surface area is 229 Å². The third-order valence-electron chi connectivity index (χ3n) is 7.74. The molecule has 2 aliphatic carbocycles. The molecule has 0 saturated heterocycles. The lowest BCUT2D eigenvalue weighted by Gasteiger charge is -2.24. The molecular formula is C34H26O6. The Kier molecular flexibility index (Phi) is 5.63. The summed E-state index contributed by atoms with van der Waals surface area (Å²) in [5.41, 5.74) is 0.583. The van der Waals surface area contributed by atoms with Crippen LogP contribution in [-0.4, -0.2) is 14.2 Å². The number of rotatable bonds is 4. The van der Waals surface area contributed by atoms with Crippen molar-refractivity contribution in [3.05, 3.63) is 113 Å². The van der Waals surface area contributed by atoms with Gasteiger partial charge in [-0.1, -0.05) is 45.0 Å². The summed E-state index contributed by atoms with van der Waals surface area (Å²) in [7, 11) is 3.13. The number of hydrogen-bond donors (Lipinski definition) is 0. The number of ether oxygens (including phenoxy) is 2. The molecule has 0 atom stereocenters. The molecule has 2 aliphatic rings. The second kappa shape index (κ2) is 8.85. The summed E-state index contributed by atoms with van der Waals surface area (Å²) < 4.78 is 10.6. The SMILES string of the molecule is COc1ccc(-c2cc(-c3ccc(OC)cc3)c3c4c2c(=O)c(=O)c2cc(C(C)(C)C)cc(c2-4)c(=O)c3=O)cc1. The summed E-state index contributed by atoms with van der Waals surface area (Å²) in [6.07, 6.45) is 0. The molecule has 6 heteroatoms. The number of benzene rings is 6. The summed E-state index contributed by atoms with van der Waals surface area (Å²) in [6, 6.07) is 19.4. The first-order valence-electron chi connectivity index (χ1n) is 12.9. The zero-order chi connectivity index (χ0) is 28.5. The molecule has 0 bridgehead atoms. The monoisotopic (exact) mass is 530 g/mol. The van der Waals surface area contributed by atoms with Crippen LogP contribution < -0.4 is 31.2 Å². The molecule has 0 radical (unpaired) electrons. The van der Waals surface area contributed by atoms with Crippen LogP contribution >= 0.6 is 0 Å². The van der Waals surface area contributed by atoms with Crippen molar-refractivity contribution < 1.29 is 9.47 Å². The van der Waals surface area contributed by atoms with Crippen molar-refractivity contribution in [3.63, 3.8) is 0 Å². The van der Waals surface area contributed by atoms with Crippen LogP contribution in [0.1, 0.15) is 26.3 Å². The molecule has 40 heavy (non-hydrogen) atoms. The molecule has 198 valence electrons. The van der Waals surface area contributed by atoms with Gasteiger partial charge >= 0.3 is 0 Å². The zero-order valence-corrected chi connectivity index (χ0v) is 22.8. The van der Waals surface area contributed by atoms with Gasteiger partial charge in [-0.3, -0.25) is 19.2 Å². The molecule has 0 fully saturated rings. The van der Waals surface area contributed by atoms with Crippen molar-refractivity contribution in [1.29, 1.82) is 0 Å². The summed E-state index contributed by atoms with van der Waals surface area (Å²) >= 11 is 0. The van der Waals surface area contributed by atoms with E-state index in [1.165, 1.54) is 0 Å². The van der Waals surface area contributed by atoms with Gasteiger partial charge in [-0.15, -0.1) is 0 Å². The van der Waals surface area contributed by atoms with E-state index >= 15 is 0 Å². The lowest BCUT2D eigenvalue weighted by atomic mass is 9.78. The molecule has 0 amide bonds. The molecule has 4 aromatic rings. The van der Waals surface area contributed by atoms with Gasteiger partial charge in [0.2, 0.25) is 21.7 Å². The van der Waals surface area contributed by atoms with E-state index < -0.39 is 27.1 Å². The van der Waals surface area contributed by atoms with Crippen LogP contribution in [0.4, 0.5) is 0 Å². The Hall–Kier alpha value is -4.84. The smallest absolute Gasteiger partial charge is 0.234 e. The van der Waals surface area contributed by atoms with E-state index in [2.05, 4.69) is 0 Å². The third-order valence-corrected chi connectivity index (χ3v) is 7.74. The molecule has 6 rings (SSSR count). The van der Waals surface area contributed by atoms with E-state index in [0.717, 1.165) is 0 Å². The average molecular weight is 531 g/mol. The molecule has 0 aliphatic heterocycles. The molecule has 0 spiro atoms. The normalized spacial score (nSPS) is 12.0. The van der Waals surface area contributed by atoms with Gasteiger partial charge in [0, 0.05) is 32.7 Å². The zero-order valence-electron chi connectivity index (χ0n) is 22.8. The predicted molar refractivity (Wildman–Crippen MR) is 159 cm³/mol. The highest BCUT2D eigenvalue weighted by molar-refractivity contribution is 6.18. The van der Waals surface area contributed by atoms with E-state index in [-0.39, 0.29) is 21.5 Å². The van der Waals surface area contributed by atoms with E-state index in [1.54, 1.807) is 56.7 Å². The number of methoxy groups -OCH3 is 2. The summed E-state index contributed by atoms with van der Waals surface area (Å²) in [5, 5.41) is 0.602. The van der Waals surface area contributed by atoms with Gasteiger partial charge in [0.25, 0.3) is 0 Å². The van der Waals surface area contributed by atoms with Crippen LogP contribution in [0.15, 0.2) is 85.9 Å². The summed E-state index contributed by atoms with van der Waals surface area (Å²) in [5.74, 6) is 1.27. The lowest BCUT2D eigenvalue weighted by molar-refractivity contribution is 0.415. The topological polar surface area (TPSA) is 86.7 Å². The second-order valence-electron chi connectivity index (χ2n) is 11.1. The average Bonchev–Trinajstić information content (AvgIpc) is 2.96. The van der Waals surface area contributed by atoms with E-state index in [9.17, 15) is 19.2 Å². The molecule has 4 aromatic carbocycles. The van der Waals surface area contributed by atoms with Crippen LogP contribution in [0.5, 0.6) is 11.5 Å². The predicted octanol–water partition coefficient (Wildman–Crippen LogP) is 5.50. The molecule has 0 heterocycles. The first kappa shape index (κ1) is 25.4. The first-order valence-corrected chi connectivity index (χ1v) is 12.9. The maximum atomic E-state index is 13.9. The van der Waals surface area contributed by atoms with Crippen LogP contribution in [-0.2, 0) is 5.41 Å². The molecule has 0 unspecified atom stereocenters. The Morgan fingerprint density at radius 1 is 0.525 bits per heavy atom. The minimum Gasteiger partial charge on any atom is -0.497 e. The summed E-state index contributed by atoms with van der Waals surface area (Å²) in [6.45, 7) is 5.86. The van der Waals surface area contributed by atoms with Crippen LogP contribution in [0.3, 0.4) is 0 Å². The molecule has 0 N–H and O–H groups in total. The third kappa shape index (κ3) is 3.63. The van der Waals surface area contributed by atoms with Gasteiger partial charge in [-0.05, 0) is 75.7 Å². The van der Waals surface area contributed by atoms with Crippen LogP contribution in [0.2, 0.25) is 0 Å². The Morgan fingerprint density at radius 2 is 0.925 bits per heavy atom. The van der Waals surface area contributed by atoms with Crippen molar-refractivity contribution >= 4 is 21.5 Å². The van der Waals surface area contributed by atoms with Gasteiger partial charge < -0.3 is 9.47 Å². The first-order chi connectivity index (χ1) is 19.0. The Balaban J connectivity index is 1.89. The van der Waals surface area contributed by atoms with E-state index in [4.69, 9.17) is 9.47 Å². The van der Waals surface area contributed by atoms with Crippen molar-refractivity contribution in [3.8, 4) is 44.9 Å². The van der Waals surface area contributed by atoms with Crippen LogP contribution in [0.25, 0.3) is 54.9 Å². The highest BCUT2D eigenvalue weighted by Crippen LogP contribution is 2.44. The fourth-order valence-corrected chi connectivity index (χ4v) is 5.58. The Bertz CT molecular complexity index is 1970. The van der Waals surface area contributed by atoms with Crippen molar-refractivity contribution in [1.82, 2.24) is 0 Å². The minimum absolute atomic E-state index is 0.139. The lowest BCUT2D eigenvalue weighted by Crippen LogP contribution is -2.32. The molecule has 6 nitrogen and oxygen atoms in total. The second-order valence-corrected chi connectivity index (χ2v) is 11.1. The maximum Gasteiger partial charge on any atom is 0.234 e. The van der Waals surface area contributed by atoms with Gasteiger partial charge in [-0.2, -0.15) is 0 Å². The Morgan fingerprint density at radius 3 is 1.27 bits per heavy atom. The van der Waals surface area contributed by atoms with Gasteiger partial charge in [0.1, 0.15) is 11.5 Å². The maximum absolute atomic E-state index is 13.9. The highest BCUT2D eigenvalue weighted by atomic mass is 16.5. The van der Waals surface area contributed by atoms with Gasteiger partial charge in [-0.25, -0.2) is 0 Å². The van der Waals surface area contributed by atoms with Gasteiger partial charge in [0.15, 0.2) is 0 Å². The van der Waals surface area contributed by atoms with Crippen molar-refractivity contribution in [2.45, 2.75) is 26.2 Å². The van der Waals surface area contributed by atoms with Gasteiger partial charge in [0.05, 0.1) is 14.2 Å². The highest BCUT2D eigenvalue weighted by Gasteiger charge is 2.31. The fourth-order valence-electron chi connectivity index (χ4n) is 5.58. The molecule has 0 aromatic heterocycles.